The maximum absolute atomic E-state index is 13.1. The molecule has 0 amide bonds. The Morgan fingerprint density at radius 3 is 2.71 bits per heavy atom. The van der Waals surface area contributed by atoms with Gasteiger partial charge in [-0.2, -0.15) is 0 Å². The van der Waals surface area contributed by atoms with Gasteiger partial charge in [-0.15, -0.1) is 11.3 Å². The van der Waals surface area contributed by atoms with Crippen LogP contribution in [0.15, 0.2) is 41.7 Å². The van der Waals surface area contributed by atoms with Crippen molar-refractivity contribution in [3.05, 3.63) is 69.3 Å². The Bertz CT molecular complexity index is 943. The Balaban J connectivity index is 1.98. The number of nitrogens with zero attached hydrogens (tertiary/aromatic N) is 3. The van der Waals surface area contributed by atoms with Crippen molar-refractivity contribution in [3.8, 4) is 0 Å². The standard InChI is InChI=1S/C18H18FN3OS/c1-4-16-12(3)24-18-20-14(10-17(23)22(16)18)11-21(5-2)15-8-6-13(19)7-9-15/h4,6-10H,1,5,11H2,2-3H3. The van der Waals surface area contributed by atoms with E-state index in [1.165, 1.54) is 23.5 Å². The van der Waals surface area contributed by atoms with Crippen molar-refractivity contribution < 1.29 is 4.39 Å². The lowest BCUT2D eigenvalue weighted by atomic mass is 10.2. The van der Waals surface area contributed by atoms with Crippen LogP contribution < -0.4 is 10.5 Å². The van der Waals surface area contributed by atoms with Crippen LogP contribution in [0.3, 0.4) is 0 Å². The molecule has 3 aromatic rings. The molecule has 3 rings (SSSR count). The summed E-state index contributed by atoms with van der Waals surface area (Å²) in [5, 5.41) is 0. The molecule has 4 nitrogen and oxygen atoms in total. The van der Waals surface area contributed by atoms with Crippen molar-refractivity contribution in [1.29, 1.82) is 0 Å². The summed E-state index contributed by atoms with van der Waals surface area (Å²) in [6.07, 6.45) is 1.68. The number of rotatable bonds is 5. The summed E-state index contributed by atoms with van der Waals surface area (Å²) in [6.45, 7) is 8.96. The molecule has 0 aliphatic carbocycles. The van der Waals surface area contributed by atoms with Crippen molar-refractivity contribution in [1.82, 2.24) is 9.38 Å². The Kier molecular flexibility index (Phi) is 4.49. The van der Waals surface area contributed by atoms with Gasteiger partial charge in [0.15, 0.2) is 4.96 Å². The lowest BCUT2D eigenvalue weighted by Crippen LogP contribution is -2.24. The molecule has 2 aromatic heterocycles. The molecule has 0 unspecified atom stereocenters. The fourth-order valence-electron chi connectivity index (χ4n) is 2.69. The van der Waals surface area contributed by atoms with Gasteiger partial charge in [-0.3, -0.25) is 9.20 Å². The summed E-state index contributed by atoms with van der Waals surface area (Å²) in [5.41, 5.74) is 2.28. The quantitative estimate of drug-likeness (QED) is 0.706. The van der Waals surface area contributed by atoms with Crippen LogP contribution in [0.25, 0.3) is 11.0 Å². The Morgan fingerprint density at radius 2 is 2.08 bits per heavy atom. The molecule has 124 valence electrons. The highest BCUT2D eigenvalue weighted by Crippen LogP contribution is 2.22. The number of thiazole rings is 1. The molecule has 0 aliphatic rings. The monoisotopic (exact) mass is 343 g/mol. The molecule has 0 bridgehead atoms. The van der Waals surface area contributed by atoms with Crippen LogP contribution >= 0.6 is 11.3 Å². The summed E-state index contributed by atoms with van der Waals surface area (Å²) in [7, 11) is 0. The molecule has 1 aromatic carbocycles. The minimum atomic E-state index is -0.265. The maximum Gasteiger partial charge on any atom is 0.259 e. The van der Waals surface area contributed by atoms with Gasteiger partial charge in [-0.25, -0.2) is 9.37 Å². The second-order valence-electron chi connectivity index (χ2n) is 5.44. The van der Waals surface area contributed by atoms with Crippen LogP contribution in [0.5, 0.6) is 0 Å². The topological polar surface area (TPSA) is 37.6 Å². The number of halogens is 1. The Labute approximate surface area is 143 Å². The van der Waals surface area contributed by atoms with Crippen molar-refractivity contribution in [2.24, 2.45) is 0 Å². The molecule has 0 N–H and O–H groups in total. The number of benzene rings is 1. The van der Waals surface area contributed by atoms with Gasteiger partial charge in [0.25, 0.3) is 5.56 Å². The number of aryl methyl sites for hydroxylation is 1. The second-order valence-corrected chi connectivity index (χ2v) is 6.62. The summed E-state index contributed by atoms with van der Waals surface area (Å²) in [6, 6.07) is 7.88. The van der Waals surface area contributed by atoms with Crippen molar-refractivity contribution in [2.45, 2.75) is 20.4 Å². The van der Waals surface area contributed by atoms with Crippen LogP contribution in [-0.4, -0.2) is 15.9 Å². The minimum absolute atomic E-state index is 0.107. The van der Waals surface area contributed by atoms with E-state index >= 15 is 0 Å². The first kappa shape index (κ1) is 16.4. The van der Waals surface area contributed by atoms with Crippen LogP contribution in [0.1, 0.15) is 23.2 Å². The van der Waals surface area contributed by atoms with Gasteiger partial charge < -0.3 is 4.90 Å². The van der Waals surface area contributed by atoms with E-state index in [1.54, 1.807) is 28.7 Å². The van der Waals surface area contributed by atoms with Crippen LogP contribution in [-0.2, 0) is 6.54 Å². The van der Waals surface area contributed by atoms with E-state index in [9.17, 15) is 9.18 Å². The smallest absolute Gasteiger partial charge is 0.259 e. The summed E-state index contributed by atoms with van der Waals surface area (Å²) in [5.74, 6) is -0.265. The number of anilines is 1. The SMILES string of the molecule is C=Cc1c(C)sc2nc(CN(CC)c3ccc(F)cc3)cc(=O)n12. The molecule has 6 heteroatoms. The third kappa shape index (κ3) is 2.97. The van der Waals surface area contributed by atoms with Gasteiger partial charge in [0.1, 0.15) is 5.82 Å². The van der Waals surface area contributed by atoms with E-state index in [2.05, 4.69) is 11.6 Å². The van der Waals surface area contributed by atoms with E-state index in [0.29, 0.717) is 17.2 Å². The Morgan fingerprint density at radius 1 is 1.38 bits per heavy atom. The summed E-state index contributed by atoms with van der Waals surface area (Å²) < 4.78 is 14.7. The number of fused-ring (bicyclic) bond motifs is 1. The van der Waals surface area contributed by atoms with Gasteiger partial charge in [0.2, 0.25) is 0 Å². The third-order valence-corrected chi connectivity index (χ3v) is 4.88. The first-order valence-corrected chi connectivity index (χ1v) is 8.50. The molecule has 0 saturated heterocycles. The molecule has 0 atom stereocenters. The van der Waals surface area contributed by atoms with Crippen molar-refractivity contribution in [3.63, 3.8) is 0 Å². The predicted molar refractivity (Wildman–Crippen MR) is 97.3 cm³/mol. The molecule has 0 radical (unpaired) electrons. The first-order valence-electron chi connectivity index (χ1n) is 7.68. The van der Waals surface area contributed by atoms with Crippen molar-refractivity contribution >= 4 is 28.1 Å². The summed E-state index contributed by atoms with van der Waals surface area (Å²) >= 11 is 1.48. The second kappa shape index (κ2) is 6.57. The minimum Gasteiger partial charge on any atom is -0.366 e. The first-order chi connectivity index (χ1) is 11.5. The zero-order valence-corrected chi connectivity index (χ0v) is 14.4. The third-order valence-electron chi connectivity index (χ3n) is 3.91. The fraction of sp³-hybridized carbons (Fsp3) is 0.222. The molecular weight excluding hydrogens is 325 g/mol. The molecule has 0 spiro atoms. The molecule has 0 fully saturated rings. The van der Waals surface area contributed by atoms with E-state index < -0.39 is 0 Å². The highest BCUT2D eigenvalue weighted by Gasteiger charge is 2.13. The van der Waals surface area contributed by atoms with E-state index in [-0.39, 0.29) is 11.4 Å². The molecule has 0 aliphatic heterocycles. The van der Waals surface area contributed by atoms with Gasteiger partial charge in [-0.1, -0.05) is 6.58 Å². The molecular formula is C18H18FN3OS. The van der Waals surface area contributed by atoms with E-state index in [1.807, 2.05) is 18.7 Å². The van der Waals surface area contributed by atoms with Crippen LogP contribution in [0, 0.1) is 12.7 Å². The molecule has 0 saturated carbocycles. The van der Waals surface area contributed by atoms with E-state index in [4.69, 9.17) is 0 Å². The lowest BCUT2D eigenvalue weighted by Gasteiger charge is -2.22. The normalized spacial score (nSPS) is 11.0. The molecule has 24 heavy (non-hydrogen) atoms. The van der Waals surface area contributed by atoms with Gasteiger partial charge in [0, 0.05) is 23.2 Å². The fourth-order valence-corrected chi connectivity index (χ4v) is 3.69. The largest absolute Gasteiger partial charge is 0.366 e. The van der Waals surface area contributed by atoms with E-state index in [0.717, 1.165) is 22.8 Å². The maximum atomic E-state index is 13.1. The summed E-state index contributed by atoms with van der Waals surface area (Å²) in [4.78, 5) is 20.8. The number of aromatic nitrogens is 2. The highest BCUT2D eigenvalue weighted by atomic mass is 32.1. The van der Waals surface area contributed by atoms with Gasteiger partial charge in [0.05, 0.1) is 17.9 Å². The van der Waals surface area contributed by atoms with Crippen LogP contribution in [0.2, 0.25) is 0 Å². The highest BCUT2D eigenvalue weighted by molar-refractivity contribution is 7.17. The zero-order chi connectivity index (χ0) is 17.3. The van der Waals surface area contributed by atoms with Crippen molar-refractivity contribution in [2.75, 3.05) is 11.4 Å². The Hall–Kier alpha value is -2.47. The lowest BCUT2D eigenvalue weighted by molar-refractivity contribution is 0.627. The van der Waals surface area contributed by atoms with Gasteiger partial charge >= 0.3 is 0 Å². The predicted octanol–water partition coefficient (Wildman–Crippen LogP) is 3.87. The van der Waals surface area contributed by atoms with Gasteiger partial charge in [-0.05, 0) is 44.2 Å². The number of hydrogen-bond donors (Lipinski definition) is 0. The molecule has 2 heterocycles. The average molecular weight is 343 g/mol. The zero-order valence-electron chi connectivity index (χ0n) is 13.6. The number of hydrogen-bond acceptors (Lipinski definition) is 4. The average Bonchev–Trinajstić information content (AvgIpc) is 2.89. The van der Waals surface area contributed by atoms with Crippen LogP contribution in [0.4, 0.5) is 10.1 Å².